The van der Waals surface area contributed by atoms with E-state index in [1.807, 2.05) is 0 Å². The zero-order valence-corrected chi connectivity index (χ0v) is 7.34. The van der Waals surface area contributed by atoms with Gasteiger partial charge in [-0.1, -0.05) is 0 Å². The van der Waals surface area contributed by atoms with Gasteiger partial charge in [-0.15, -0.1) is 0 Å². The van der Waals surface area contributed by atoms with E-state index >= 15 is 0 Å². The number of carbonyl (C=O) groups is 4. The second kappa shape index (κ2) is 7.53. The van der Waals surface area contributed by atoms with E-state index in [1.54, 1.807) is 0 Å². The molecule has 0 aliphatic heterocycles. The Morgan fingerprint density at radius 3 is 1.07 bits per heavy atom. The molecule has 0 amide bonds. The first-order valence-electron chi connectivity index (χ1n) is 3.09. The summed E-state index contributed by atoms with van der Waals surface area (Å²) >= 11 is 0. The van der Waals surface area contributed by atoms with Crippen LogP contribution in [-0.2, 0) is 19.4 Å². The molecule has 0 saturated carbocycles. The van der Waals surface area contributed by atoms with E-state index < -0.39 is 12.3 Å². The van der Waals surface area contributed by atoms with E-state index in [0.29, 0.717) is 0 Å². The number of Topliss-reactive ketones (excluding diaryl/α,β-unsaturated/α-hetero) is 2. The molecular formula is C6H8O8. The molecule has 0 aromatic rings. The molecule has 0 aromatic heterocycles. The van der Waals surface area contributed by atoms with E-state index in [4.69, 9.17) is 10.2 Å². The van der Waals surface area contributed by atoms with Crippen molar-refractivity contribution in [2.45, 2.75) is 13.8 Å². The lowest BCUT2D eigenvalue weighted by Gasteiger charge is -1.89. The van der Waals surface area contributed by atoms with Gasteiger partial charge in [-0.05, 0) is 0 Å². The summed E-state index contributed by atoms with van der Waals surface area (Å²) in [5, 5.41) is 15.1. The van der Waals surface area contributed by atoms with E-state index in [2.05, 4.69) is 9.78 Å². The molecule has 0 bridgehead atoms. The Labute approximate surface area is 78.0 Å². The second-order valence-electron chi connectivity index (χ2n) is 1.81. The largest absolute Gasteiger partial charge is 0.547 e. The van der Waals surface area contributed by atoms with Crippen LogP contribution in [0, 0.1) is 0 Å². The minimum Gasteiger partial charge on any atom is -0.447 e. The van der Waals surface area contributed by atoms with Crippen molar-refractivity contribution in [3.63, 3.8) is 0 Å². The van der Waals surface area contributed by atoms with Crippen molar-refractivity contribution in [2.75, 3.05) is 0 Å². The third-order valence-electron chi connectivity index (χ3n) is 0.680. The van der Waals surface area contributed by atoms with Crippen molar-refractivity contribution >= 4 is 23.9 Å². The molecule has 14 heavy (non-hydrogen) atoms. The van der Waals surface area contributed by atoms with E-state index in [1.165, 1.54) is 13.8 Å². The molecule has 0 heterocycles. The van der Waals surface area contributed by atoms with Crippen molar-refractivity contribution in [1.82, 2.24) is 0 Å². The Morgan fingerprint density at radius 1 is 0.786 bits per heavy atom. The zero-order valence-electron chi connectivity index (χ0n) is 7.34. The van der Waals surface area contributed by atoms with Crippen LogP contribution in [-0.4, -0.2) is 34.1 Å². The highest BCUT2D eigenvalue weighted by Crippen LogP contribution is 1.78. The van der Waals surface area contributed by atoms with Gasteiger partial charge < -0.3 is 10.2 Å². The second-order valence-corrected chi connectivity index (χ2v) is 1.81. The minimum absolute atomic E-state index is 0.380. The average molecular weight is 208 g/mol. The van der Waals surface area contributed by atoms with E-state index in [0.717, 1.165) is 0 Å². The Bertz CT molecular complexity index is 216. The van der Waals surface area contributed by atoms with Crippen molar-refractivity contribution in [2.24, 2.45) is 0 Å². The topological polar surface area (TPSA) is 127 Å². The predicted octanol–water partition coefficient (Wildman–Crippen LogP) is 0.455. The van der Waals surface area contributed by atoms with Gasteiger partial charge in [0.05, 0.1) is 0 Å². The number of rotatable bonds is 1. The zero-order chi connectivity index (χ0) is 11.7. The summed E-state index contributed by atoms with van der Waals surface area (Å²) in [7, 11) is 0. The van der Waals surface area contributed by atoms with Crippen LogP contribution in [0.4, 0.5) is 9.59 Å². The monoisotopic (exact) mass is 208 g/mol. The van der Waals surface area contributed by atoms with Crippen LogP contribution in [0.15, 0.2) is 0 Å². The fourth-order valence-electron chi connectivity index (χ4n) is 0.0713. The quantitative estimate of drug-likeness (QED) is 0.361. The standard InChI is InChI=1S/C4H6O2.C2H2O6/c1-3(5)4(2)6;3-1(4)7-8-2(5)6/h1-2H3;(H,3,4)(H,5,6). The Hall–Kier alpha value is -2.12. The van der Waals surface area contributed by atoms with Gasteiger partial charge in [0.25, 0.3) is 0 Å². The van der Waals surface area contributed by atoms with Gasteiger partial charge in [0.15, 0.2) is 11.6 Å². The molecule has 0 radical (unpaired) electrons. The highest BCUT2D eigenvalue weighted by Gasteiger charge is 2.01. The molecule has 2 N–H and O–H groups in total. The van der Waals surface area contributed by atoms with Crippen molar-refractivity contribution in [1.29, 1.82) is 0 Å². The van der Waals surface area contributed by atoms with Gasteiger partial charge >= 0.3 is 12.3 Å². The molecule has 0 fully saturated rings. The van der Waals surface area contributed by atoms with Crippen LogP contribution < -0.4 is 0 Å². The molecule has 0 atom stereocenters. The van der Waals surface area contributed by atoms with Crippen LogP contribution in [0.3, 0.4) is 0 Å². The molecule has 8 nitrogen and oxygen atoms in total. The number of ketones is 2. The first-order valence-corrected chi connectivity index (χ1v) is 3.09. The Morgan fingerprint density at radius 2 is 1.00 bits per heavy atom. The van der Waals surface area contributed by atoms with Gasteiger partial charge in [0.1, 0.15) is 0 Å². The lowest BCUT2D eigenvalue weighted by molar-refractivity contribution is -0.208. The molecule has 0 rings (SSSR count). The molecule has 8 heteroatoms. The summed E-state index contributed by atoms with van der Waals surface area (Å²) in [6.45, 7) is 2.50. The minimum atomic E-state index is -1.80. The molecule has 0 saturated heterocycles. The summed E-state index contributed by atoms with van der Waals surface area (Å²) < 4.78 is 0. The predicted molar refractivity (Wildman–Crippen MR) is 39.6 cm³/mol. The first kappa shape index (κ1) is 14.4. The average Bonchev–Trinajstić information content (AvgIpc) is 2.01. The molecule has 80 valence electrons. The summed E-state index contributed by atoms with van der Waals surface area (Å²) in [4.78, 5) is 44.4. The van der Waals surface area contributed by atoms with Gasteiger partial charge in [0.2, 0.25) is 0 Å². The van der Waals surface area contributed by atoms with Crippen molar-refractivity contribution in [3.05, 3.63) is 0 Å². The van der Waals surface area contributed by atoms with Gasteiger partial charge in [0, 0.05) is 13.8 Å². The lowest BCUT2D eigenvalue weighted by atomic mass is 10.3. The normalized spacial score (nSPS) is 7.57. The van der Waals surface area contributed by atoms with E-state index in [-0.39, 0.29) is 11.6 Å². The lowest BCUT2D eigenvalue weighted by Crippen LogP contribution is -2.05. The summed E-state index contributed by atoms with van der Waals surface area (Å²) in [5.41, 5.74) is 0. The third kappa shape index (κ3) is 16.5. The van der Waals surface area contributed by atoms with Crippen molar-refractivity contribution in [3.8, 4) is 0 Å². The Kier molecular flexibility index (Phi) is 7.74. The fourth-order valence-corrected chi connectivity index (χ4v) is 0.0713. The molecule has 0 aliphatic rings. The van der Waals surface area contributed by atoms with Crippen LogP contribution in [0.25, 0.3) is 0 Å². The maximum atomic E-state index is 9.79. The van der Waals surface area contributed by atoms with Crippen LogP contribution in [0.5, 0.6) is 0 Å². The van der Waals surface area contributed by atoms with Crippen molar-refractivity contribution < 1.29 is 39.2 Å². The molecule has 0 unspecified atom stereocenters. The van der Waals surface area contributed by atoms with E-state index in [9.17, 15) is 19.2 Å². The maximum absolute atomic E-state index is 9.79. The molecule has 0 spiro atoms. The molecule has 0 aliphatic carbocycles. The SMILES string of the molecule is CC(=O)C(C)=O.O=C(O)OOC(=O)O. The maximum Gasteiger partial charge on any atom is 0.547 e. The number of hydrogen-bond donors (Lipinski definition) is 2. The molecular weight excluding hydrogens is 200 g/mol. The number of carboxylic acid groups (broad SMARTS) is 2. The molecule has 0 aromatic carbocycles. The number of carbonyl (C=O) groups excluding carboxylic acids is 2. The summed E-state index contributed by atoms with van der Waals surface area (Å²) in [6.07, 6.45) is -3.60. The third-order valence-corrected chi connectivity index (χ3v) is 0.680. The smallest absolute Gasteiger partial charge is 0.447 e. The highest BCUT2D eigenvalue weighted by molar-refractivity contribution is 6.35. The number of hydrogen-bond acceptors (Lipinski definition) is 6. The summed E-state index contributed by atoms with van der Waals surface area (Å²) in [5.74, 6) is -0.759. The van der Waals surface area contributed by atoms with Crippen LogP contribution >= 0.6 is 0 Å². The fraction of sp³-hybridized carbons (Fsp3) is 0.333. The van der Waals surface area contributed by atoms with Gasteiger partial charge in [-0.25, -0.2) is 19.4 Å². The van der Waals surface area contributed by atoms with Gasteiger partial charge in [-0.3, -0.25) is 9.59 Å². The highest BCUT2D eigenvalue weighted by atomic mass is 17.2. The summed E-state index contributed by atoms with van der Waals surface area (Å²) in [6, 6.07) is 0. The van der Waals surface area contributed by atoms with Gasteiger partial charge in [-0.2, -0.15) is 0 Å². The Balaban J connectivity index is 0. The van der Waals surface area contributed by atoms with Crippen LogP contribution in [0.1, 0.15) is 13.8 Å². The van der Waals surface area contributed by atoms with Crippen LogP contribution in [0.2, 0.25) is 0 Å². The first-order chi connectivity index (χ1) is 6.27.